The zero-order valence-corrected chi connectivity index (χ0v) is 2.62. The Hall–Kier alpha value is -0.200. The van der Waals surface area contributed by atoms with Gasteiger partial charge in [-0.3, -0.25) is 0 Å². The smallest absolute Gasteiger partial charge is 0.162 e. The van der Waals surface area contributed by atoms with Crippen molar-refractivity contribution in [3.8, 4) is 5.40 Å². The van der Waals surface area contributed by atoms with Crippen LogP contribution in [0.25, 0.3) is 0 Å². The Bertz CT molecular complexity index is 37.8. The monoisotopic (exact) mass is 75.0 g/mol. The van der Waals surface area contributed by atoms with Crippen molar-refractivity contribution in [3.63, 3.8) is 0 Å². The first-order valence-corrected chi connectivity index (χ1v) is 1.38. The fourth-order valence-electron chi connectivity index (χ4n) is 0. The number of thiocyanates is 1. The summed E-state index contributed by atoms with van der Waals surface area (Å²) in [5.41, 5.74) is 0. The van der Waals surface area contributed by atoms with Crippen LogP contribution < -0.4 is 0 Å². The zero-order chi connectivity index (χ0) is 3.41. The van der Waals surface area contributed by atoms with E-state index in [0.29, 0.717) is 0 Å². The van der Waals surface area contributed by atoms with Crippen molar-refractivity contribution < 1.29 is 4.55 Å². The number of nitrogens with zero attached hydrogens (tertiary/aromatic N) is 1. The Balaban J connectivity index is 2.43. The van der Waals surface area contributed by atoms with Crippen LogP contribution in [0.4, 0.5) is 0 Å². The third kappa shape index (κ3) is 1.80. The lowest BCUT2D eigenvalue weighted by Gasteiger charge is -1.48. The van der Waals surface area contributed by atoms with Crippen molar-refractivity contribution in [2.75, 3.05) is 0 Å². The average molecular weight is 75.1 g/mol. The summed E-state index contributed by atoms with van der Waals surface area (Å²) in [4.78, 5) is 0. The topological polar surface area (TPSA) is 44.0 Å². The maximum Gasteiger partial charge on any atom is 0.162 e. The molecule has 22 valence electrons. The first-order valence-electron chi connectivity index (χ1n) is 0.610. The molecule has 0 rings (SSSR count). The minimum absolute atomic E-state index is 0.162. The maximum atomic E-state index is 7.43. The van der Waals surface area contributed by atoms with Gasteiger partial charge >= 0.3 is 0 Å². The largest absolute Gasteiger partial charge is 0.318 e. The molecule has 0 saturated carbocycles. The lowest BCUT2D eigenvalue weighted by molar-refractivity contribution is 0.672. The number of hydrogen-bond donors (Lipinski definition) is 1. The van der Waals surface area contributed by atoms with Gasteiger partial charge in [-0.05, 0) is 0 Å². The van der Waals surface area contributed by atoms with Crippen LogP contribution in [-0.2, 0) is 0 Å². The highest BCUT2D eigenvalue weighted by molar-refractivity contribution is 7.98. The van der Waals surface area contributed by atoms with Gasteiger partial charge in [-0.1, -0.05) is 0 Å². The van der Waals surface area contributed by atoms with Crippen LogP contribution in [0.3, 0.4) is 0 Å². The van der Waals surface area contributed by atoms with Gasteiger partial charge in [0, 0.05) is 0 Å². The van der Waals surface area contributed by atoms with E-state index in [1.807, 2.05) is 0 Å². The van der Waals surface area contributed by atoms with Crippen LogP contribution in [0.5, 0.6) is 0 Å². The van der Waals surface area contributed by atoms with E-state index >= 15 is 0 Å². The molecule has 0 aromatic carbocycles. The molecule has 0 aromatic heterocycles. The van der Waals surface area contributed by atoms with Gasteiger partial charge < -0.3 is 4.55 Å². The second kappa shape index (κ2) is 2.80. The molecule has 0 aromatic rings. The first kappa shape index (κ1) is 3.80. The van der Waals surface area contributed by atoms with Crippen molar-refractivity contribution >= 4 is 12.0 Å². The van der Waals surface area contributed by atoms with Crippen molar-refractivity contribution in [2.45, 2.75) is 0 Å². The molecule has 0 aliphatic heterocycles. The Labute approximate surface area is 28.3 Å². The fraction of sp³-hybridized carbons (Fsp3) is 0. The molecule has 0 amide bonds. The highest BCUT2D eigenvalue weighted by Crippen LogP contribution is 1.77. The number of rotatable bonds is 0. The average Bonchev–Trinajstić information content (AvgIpc) is 1.37. The predicted octanol–water partition coefficient (Wildman–Crippen LogP) is 0.674. The molecule has 3 heteroatoms. The standard InChI is InChI=1S/CHNOS/c2-1-4-3/h3H. The Morgan fingerprint density at radius 2 is 2.25 bits per heavy atom. The van der Waals surface area contributed by atoms with Crippen LogP contribution in [-0.4, -0.2) is 4.55 Å². The molecule has 1 N–H and O–H groups in total. The molecular formula is CHNOS. The summed E-state index contributed by atoms with van der Waals surface area (Å²) in [6.45, 7) is 0. The van der Waals surface area contributed by atoms with Gasteiger partial charge in [0.2, 0.25) is 0 Å². The molecule has 0 fully saturated rings. The summed E-state index contributed by atoms with van der Waals surface area (Å²) < 4.78 is 7.43. The molecule has 0 heterocycles. The summed E-state index contributed by atoms with van der Waals surface area (Å²) in [6.07, 6.45) is 0. The molecule has 0 bridgehead atoms. The van der Waals surface area contributed by atoms with E-state index in [9.17, 15) is 0 Å². The molecule has 4 heavy (non-hydrogen) atoms. The third-order valence-corrected chi connectivity index (χ3v) is 0.122. The minimum Gasteiger partial charge on any atom is -0.318 e. The van der Waals surface area contributed by atoms with E-state index in [0.717, 1.165) is 0 Å². The second-order valence-corrected chi connectivity index (χ2v) is 0.548. The quantitative estimate of drug-likeness (QED) is 0.340. The summed E-state index contributed by atoms with van der Waals surface area (Å²) in [5, 5.41) is 8.74. The van der Waals surface area contributed by atoms with Crippen LogP contribution in [0.15, 0.2) is 0 Å². The predicted molar refractivity (Wildman–Crippen MR) is 15.8 cm³/mol. The molecule has 0 unspecified atom stereocenters. The summed E-state index contributed by atoms with van der Waals surface area (Å²) in [5.74, 6) is 0. The van der Waals surface area contributed by atoms with Crippen molar-refractivity contribution in [3.05, 3.63) is 0 Å². The van der Waals surface area contributed by atoms with Gasteiger partial charge in [0.05, 0.1) is 0 Å². The van der Waals surface area contributed by atoms with E-state index in [1.165, 1.54) is 5.40 Å². The van der Waals surface area contributed by atoms with Gasteiger partial charge in [-0.25, -0.2) is 0 Å². The normalized spacial score (nSPS) is 5.00. The minimum atomic E-state index is 0.162. The van der Waals surface area contributed by atoms with E-state index < -0.39 is 0 Å². The van der Waals surface area contributed by atoms with Crippen molar-refractivity contribution in [1.29, 1.82) is 5.26 Å². The number of hydrogen-bond acceptors (Lipinski definition) is 3. The van der Waals surface area contributed by atoms with Gasteiger partial charge in [0.15, 0.2) is 5.40 Å². The SMILES string of the molecule is N#CSO. The summed E-state index contributed by atoms with van der Waals surface area (Å²) >= 11 is 0.162. The highest BCUT2D eigenvalue weighted by Gasteiger charge is 1.52. The van der Waals surface area contributed by atoms with Gasteiger partial charge in [-0.15, -0.1) is 0 Å². The summed E-state index contributed by atoms with van der Waals surface area (Å²) in [6, 6.07) is 0. The Morgan fingerprint density at radius 1 is 2.00 bits per heavy atom. The van der Waals surface area contributed by atoms with Gasteiger partial charge in [-0.2, -0.15) is 5.26 Å². The van der Waals surface area contributed by atoms with Crippen LogP contribution in [0.2, 0.25) is 0 Å². The molecule has 0 aliphatic carbocycles. The second-order valence-electron chi connectivity index (χ2n) is 0.183. The molecular weight excluding hydrogens is 74.1 g/mol. The van der Waals surface area contributed by atoms with Crippen molar-refractivity contribution in [2.24, 2.45) is 0 Å². The van der Waals surface area contributed by atoms with E-state index in [1.54, 1.807) is 0 Å². The lowest BCUT2D eigenvalue weighted by atomic mass is 11.8. The maximum absolute atomic E-state index is 7.43. The molecule has 2 nitrogen and oxygen atoms in total. The van der Waals surface area contributed by atoms with Crippen LogP contribution >= 0.6 is 12.0 Å². The van der Waals surface area contributed by atoms with Crippen molar-refractivity contribution in [1.82, 2.24) is 0 Å². The zero-order valence-electron chi connectivity index (χ0n) is 1.80. The van der Waals surface area contributed by atoms with E-state index in [4.69, 9.17) is 9.81 Å². The Kier molecular flexibility index (Phi) is 2.66. The molecule has 0 radical (unpaired) electrons. The fourth-order valence-corrected chi connectivity index (χ4v) is 0. The summed E-state index contributed by atoms with van der Waals surface area (Å²) in [7, 11) is 0. The molecule has 0 atom stereocenters. The Morgan fingerprint density at radius 3 is 2.25 bits per heavy atom. The first-order chi connectivity index (χ1) is 1.91. The molecule has 0 aliphatic rings. The third-order valence-electron chi connectivity index (χ3n) is 0.0408. The van der Waals surface area contributed by atoms with Gasteiger partial charge in [0.1, 0.15) is 12.0 Å². The van der Waals surface area contributed by atoms with Crippen LogP contribution in [0.1, 0.15) is 0 Å². The van der Waals surface area contributed by atoms with Gasteiger partial charge in [0.25, 0.3) is 0 Å². The van der Waals surface area contributed by atoms with Crippen LogP contribution in [0, 0.1) is 10.7 Å². The molecule has 0 saturated heterocycles. The van der Waals surface area contributed by atoms with E-state index in [-0.39, 0.29) is 12.0 Å². The molecule has 0 spiro atoms. The lowest BCUT2D eigenvalue weighted by Crippen LogP contribution is -1.30. The van der Waals surface area contributed by atoms with E-state index in [2.05, 4.69) is 0 Å². The number of nitriles is 1. The highest BCUT2D eigenvalue weighted by atomic mass is 32.2.